The first-order chi connectivity index (χ1) is 8.36. The van der Waals surface area contributed by atoms with Crippen molar-refractivity contribution in [3.05, 3.63) is 59.2 Å². The third kappa shape index (κ3) is 1.18. The fourth-order valence-electron chi connectivity index (χ4n) is 2.29. The van der Waals surface area contributed by atoms with Crippen molar-refractivity contribution in [2.24, 2.45) is 5.16 Å². The number of fused-ring (bicyclic) bond motifs is 3. The van der Waals surface area contributed by atoms with Crippen LogP contribution in [-0.2, 0) is 0 Å². The van der Waals surface area contributed by atoms with Crippen LogP contribution in [0.15, 0.2) is 47.6 Å². The van der Waals surface area contributed by atoms with Gasteiger partial charge in [0.2, 0.25) is 0 Å². The molecule has 0 heterocycles. The Morgan fingerprint density at radius 2 is 1.65 bits per heavy atom. The van der Waals surface area contributed by atoms with E-state index in [9.17, 15) is 0 Å². The summed E-state index contributed by atoms with van der Waals surface area (Å²) in [5, 5.41) is 21.6. The molecule has 0 amide bonds. The molecule has 0 aliphatic heterocycles. The van der Waals surface area contributed by atoms with Crippen LogP contribution >= 0.6 is 0 Å². The molecule has 3 rings (SSSR count). The molecule has 1 N–H and O–H groups in total. The van der Waals surface area contributed by atoms with Gasteiger partial charge in [0.05, 0.1) is 11.6 Å². The van der Waals surface area contributed by atoms with Crippen molar-refractivity contribution in [1.82, 2.24) is 0 Å². The van der Waals surface area contributed by atoms with Gasteiger partial charge >= 0.3 is 0 Å². The second-order valence-electron chi connectivity index (χ2n) is 3.83. The molecule has 0 radical (unpaired) electrons. The lowest BCUT2D eigenvalue weighted by Gasteiger charge is -2.01. The first-order valence-electron chi connectivity index (χ1n) is 5.22. The molecule has 0 aromatic heterocycles. The van der Waals surface area contributed by atoms with Crippen LogP contribution in [0.5, 0.6) is 0 Å². The van der Waals surface area contributed by atoms with Gasteiger partial charge in [0.15, 0.2) is 0 Å². The van der Waals surface area contributed by atoms with E-state index in [1.54, 1.807) is 12.1 Å². The van der Waals surface area contributed by atoms with Crippen LogP contribution in [0, 0.1) is 11.3 Å². The van der Waals surface area contributed by atoms with Crippen molar-refractivity contribution in [2.75, 3.05) is 0 Å². The van der Waals surface area contributed by atoms with E-state index in [1.807, 2.05) is 30.3 Å². The highest BCUT2D eigenvalue weighted by atomic mass is 16.4. The molecule has 3 heteroatoms. The zero-order valence-corrected chi connectivity index (χ0v) is 8.88. The van der Waals surface area contributed by atoms with Crippen molar-refractivity contribution in [3.8, 4) is 17.2 Å². The molecular formula is C14H8N2O. The quantitative estimate of drug-likeness (QED) is 0.467. The van der Waals surface area contributed by atoms with Crippen molar-refractivity contribution in [3.63, 3.8) is 0 Å². The van der Waals surface area contributed by atoms with Gasteiger partial charge in [-0.05, 0) is 11.6 Å². The van der Waals surface area contributed by atoms with Crippen LogP contribution in [-0.4, -0.2) is 10.9 Å². The summed E-state index contributed by atoms with van der Waals surface area (Å²) in [6.07, 6.45) is 0. The van der Waals surface area contributed by atoms with E-state index in [0.717, 1.165) is 22.3 Å². The van der Waals surface area contributed by atoms with Crippen LogP contribution in [0.2, 0.25) is 0 Å². The summed E-state index contributed by atoms with van der Waals surface area (Å²) in [4.78, 5) is 0. The minimum absolute atomic E-state index is 0.535. The van der Waals surface area contributed by atoms with Crippen LogP contribution in [0.1, 0.15) is 16.7 Å². The Morgan fingerprint density at radius 3 is 2.35 bits per heavy atom. The summed E-state index contributed by atoms with van der Waals surface area (Å²) in [6, 6.07) is 15.3. The first-order valence-corrected chi connectivity index (χ1v) is 5.22. The Kier molecular flexibility index (Phi) is 1.96. The van der Waals surface area contributed by atoms with Crippen molar-refractivity contribution in [1.29, 1.82) is 5.26 Å². The molecular weight excluding hydrogens is 212 g/mol. The minimum Gasteiger partial charge on any atom is -0.410 e. The minimum atomic E-state index is 0.535. The molecule has 17 heavy (non-hydrogen) atoms. The van der Waals surface area contributed by atoms with Crippen LogP contribution in [0.4, 0.5) is 0 Å². The highest BCUT2D eigenvalue weighted by molar-refractivity contribution is 6.24. The van der Waals surface area contributed by atoms with E-state index in [2.05, 4.69) is 11.2 Å². The van der Waals surface area contributed by atoms with Gasteiger partial charge in [0.1, 0.15) is 5.71 Å². The SMILES string of the molecule is N#Cc1cccc2c1-c1ccccc1C2=NO. The number of benzene rings is 2. The number of hydrogen-bond donors (Lipinski definition) is 1. The standard InChI is InChI=1S/C14H8N2O/c15-8-9-4-3-7-12-13(9)10-5-1-2-6-11(10)14(12)16-17/h1-7,17H. The summed E-state index contributed by atoms with van der Waals surface area (Å²) in [6.45, 7) is 0. The predicted octanol–water partition coefficient (Wildman–Crippen LogP) is 2.77. The second-order valence-corrected chi connectivity index (χ2v) is 3.83. The first kappa shape index (κ1) is 9.61. The normalized spacial score (nSPS) is 14.2. The zero-order valence-electron chi connectivity index (χ0n) is 8.88. The van der Waals surface area contributed by atoms with E-state index in [-0.39, 0.29) is 0 Å². The lowest BCUT2D eigenvalue weighted by Crippen LogP contribution is -1.97. The van der Waals surface area contributed by atoms with Crippen LogP contribution in [0.3, 0.4) is 0 Å². The average molecular weight is 220 g/mol. The molecule has 1 aliphatic rings. The maximum absolute atomic E-state index is 9.13. The molecule has 0 saturated carbocycles. The van der Waals surface area contributed by atoms with E-state index in [4.69, 9.17) is 10.5 Å². The summed E-state index contributed by atoms with van der Waals surface area (Å²) in [5.74, 6) is 0. The third-order valence-electron chi connectivity index (χ3n) is 2.99. The topological polar surface area (TPSA) is 56.4 Å². The van der Waals surface area contributed by atoms with Gasteiger partial charge in [-0.25, -0.2) is 0 Å². The van der Waals surface area contributed by atoms with Gasteiger partial charge < -0.3 is 5.21 Å². The summed E-state index contributed by atoms with van der Waals surface area (Å²) < 4.78 is 0. The molecule has 0 saturated heterocycles. The average Bonchev–Trinajstić information content (AvgIpc) is 2.72. The Labute approximate surface area is 98.2 Å². The Hall–Kier alpha value is -2.60. The lowest BCUT2D eigenvalue weighted by molar-refractivity contribution is 0.320. The molecule has 0 unspecified atom stereocenters. The van der Waals surface area contributed by atoms with Gasteiger partial charge in [-0.3, -0.25) is 0 Å². The monoisotopic (exact) mass is 220 g/mol. The fourth-order valence-corrected chi connectivity index (χ4v) is 2.29. The van der Waals surface area contributed by atoms with Gasteiger partial charge in [0, 0.05) is 16.7 Å². The number of oxime groups is 1. The number of hydrogen-bond acceptors (Lipinski definition) is 3. The highest BCUT2D eigenvalue weighted by Gasteiger charge is 2.26. The molecule has 3 nitrogen and oxygen atoms in total. The smallest absolute Gasteiger partial charge is 0.118 e. The van der Waals surface area contributed by atoms with Gasteiger partial charge in [0.25, 0.3) is 0 Å². The fraction of sp³-hybridized carbons (Fsp3) is 0. The van der Waals surface area contributed by atoms with Crippen molar-refractivity contribution in [2.45, 2.75) is 0 Å². The molecule has 0 bridgehead atoms. The molecule has 2 aromatic carbocycles. The van der Waals surface area contributed by atoms with E-state index in [0.29, 0.717) is 11.3 Å². The van der Waals surface area contributed by atoms with Crippen LogP contribution in [0.25, 0.3) is 11.1 Å². The lowest BCUT2D eigenvalue weighted by atomic mass is 10.0. The largest absolute Gasteiger partial charge is 0.410 e. The van der Waals surface area contributed by atoms with Gasteiger partial charge in [-0.1, -0.05) is 41.6 Å². The predicted molar refractivity (Wildman–Crippen MR) is 64.0 cm³/mol. The van der Waals surface area contributed by atoms with E-state index < -0.39 is 0 Å². The van der Waals surface area contributed by atoms with Crippen LogP contribution < -0.4 is 0 Å². The van der Waals surface area contributed by atoms with Crippen molar-refractivity contribution >= 4 is 5.71 Å². The number of rotatable bonds is 0. The maximum atomic E-state index is 9.13. The Bertz CT molecular complexity index is 681. The Morgan fingerprint density at radius 1 is 0.941 bits per heavy atom. The van der Waals surface area contributed by atoms with Gasteiger partial charge in [-0.2, -0.15) is 5.26 Å². The molecule has 0 fully saturated rings. The molecule has 0 spiro atoms. The third-order valence-corrected chi connectivity index (χ3v) is 2.99. The highest BCUT2D eigenvalue weighted by Crippen LogP contribution is 2.38. The van der Waals surface area contributed by atoms with E-state index in [1.165, 1.54) is 0 Å². The summed E-state index contributed by atoms with van der Waals surface area (Å²) in [5.41, 5.74) is 4.63. The zero-order chi connectivity index (χ0) is 11.8. The molecule has 2 aromatic rings. The maximum Gasteiger partial charge on any atom is 0.118 e. The molecule has 0 atom stereocenters. The number of nitrogens with zero attached hydrogens (tertiary/aromatic N) is 2. The molecule has 1 aliphatic carbocycles. The second kappa shape index (κ2) is 3.46. The Balaban J connectivity index is 2.46. The number of nitriles is 1. The molecule has 80 valence electrons. The van der Waals surface area contributed by atoms with E-state index >= 15 is 0 Å². The van der Waals surface area contributed by atoms with Gasteiger partial charge in [-0.15, -0.1) is 0 Å². The summed E-state index contributed by atoms with van der Waals surface area (Å²) >= 11 is 0. The summed E-state index contributed by atoms with van der Waals surface area (Å²) in [7, 11) is 0. The van der Waals surface area contributed by atoms with Crippen molar-refractivity contribution < 1.29 is 5.21 Å².